The lowest BCUT2D eigenvalue weighted by Crippen LogP contribution is -2.04. The third-order valence-electron chi connectivity index (χ3n) is 3.66. The average Bonchev–Trinajstić information content (AvgIpc) is 2.65. The van der Waals surface area contributed by atoms with Crippen LogP contribution < -0.4 is 5.32 Å². The summed E-state index contributed by atoms with van der Waals surface area (Å²) < 4.78 is 3.46. The summed E-state index contributed by atoms with van der Waals surface area (Å²) in [6.07, 6.45) is 0. The zero-order chi connectivity index (χ0) is 14.0. The smallest absolute Gasteiger partial charge is 0.0418 e. The number of rotatable bonds is 4. The van der Waals surface area contributed by atoms with E-state index < -0.39 is 0 Å². The van der Waals surface area contributed by atoms with Crippen molar-refractivity contribution in [2.75, 3.05) is 5.32 Å². The van der Waals surface area contributed by atoms with Crippen molar-refractivity contribution in [2.45, 2.75) is 40.8 Å². The van der Waals surface area contributed by atoms with Crippen LogP contribution in [-0.2, 0) is 13.1 Å². The summed E-state index contributed by atoms with van der Waals surface area (Å²) in [5.41, 5.74) is 6.53. The maximum atomic E-state index is 3.53. The van der Waals surface area contributed by atoms with Crippen molar-refractivity contribution in [1.82, 2.24) is 4.57 Å². The van der Waals surface area contributed by atoms with Gasteiger partial charge >= 0.3 is 0 Å². The molecular formula is C16H21BrN2. The first kappa shape index (κ1) is 14.2. The van der Waals surface area contributed by atoms with E-state index in [-0.39, 0.29) is 0 Å². The van der Waals surface area contributed by atoms with E-state index in [1.807, 2.05) is 0 Å². The van der Waals surface area contributed by atoms with Crippen molar-refractivity contribution in [3.63, 3.8) is 0 Å². The van der Waals surface area contributed by atoms with Gasteiger partial charge in [-0.3, -0.25) is 0 Å². The Bertz CT molecular complexity index is 585. The highest BCUT2D eigenvalue weighted by molar-refractivity contribution is 9.10. The Morgan fingerprint density at radius 2 is 1.89 bits per heavy atom. The molecular weight excluding hydrogens is 300 g/mol. The number of nitrogens with one attached hydrogen (secondary N) is 1. The van der Waals surface area contributed by atoms with Gasteiger partial charge in [-0.2, -0.15) is 0 Å². The van der Waals surface area contributed by atoms with E-state index >= 15 is 0 Å². The number of anilines is 1. The molecule has 0 aliphatic rings. The monoisotopic (exact) mass is 320 g/mol. The molecule has 1 heterocycles. The summed E-state index contributed by atoms with van der Waals surface area (Å²) in [5.74, 6) is 0. The predicted molar refractivity (Wildman–Crippen MR) is 85.8 cm³/mol. The van der Waals surface area contributed by atoms with Crippen molar-refractivity contribution in [2.24, 2.45) is 0 Å². The van der Waals surface area contributed by atoms with Crippen LogP contribution in [0.25, 0.3) is 0 Å². The molecule has 0 saturated carbocycles. The molecule has 0 unspecified atom stereocenters. The zero-order valence-electron chi connectivity index (χ0n) is 12.0. The van der Waals surface area contributed by atoms with Crippen LogP contribution in [0.1, 0.15) is 29.4 Å². The summed E-state index contributed by atoms with van der Waals surface area (Å²) in [6, 6.07) is 8.61. The molecule has 0 bridgehead atoms. The van der Waals surface area contributed by atoms with Gasteiger partial charge in [0, 0.05) is 34.6 Å². The Labute approximate surface area is 124 Å². The summed E-state index contributed by atoms with van der Waals surface area (Å²) in [6.45, 7) is 10.6. The minimum absolute atomic E-state index is 0.872. The van der Waals surface area contributed by atoms with Gasteiger partial charge < -0.3 is 9.88 Å². The number of hydrogen-bond donors (Lipinski definition) is 1. The number of aromatic nitrogens is 1. The van der Waals surface area contributed by atoms with Gasteiger partial charge in [0.2, 0.25) is 0 Å². The Morgan fingerprint density at radius 1 is 1.16 bits per heavy atom. The van der Waals surface area contributed by atoms with E-state index in [2.05, 4.69) is 77.8 Å². The number of nitrogens with zero attached hydrogens (tertiary/aromatic N) is 1. The van der Waals surface area contributed by atoms with Crippen molar-refractivity contribution in [1.29, 1.82) is 0 Å². The average molecular weight is 321 g/mol. The van der Waals surface area contributed by atoms with Gasteiger partial charge in [-0.1, -0.05) is 22.0 Å². The summed E-state index contributed by atoms with van der Waals surface area (Å²) in [4.78, 5) is 0. The van der Waals surface area contributed by atoms with Gasteiger partial charge in [0.1, 0.15) is 0 Å². The highest BCUT2D eigenvalue weighted by Crippen LogP contribution is 2.22. The Morgan fingerprint density at radius 3 is 2.53 bits per heavy atom. The van der Waals surface area contributed by atoms with Crippen molar-refractivity contribution >= 4 is 21.6 Å². The van der Waals surface area contributed by atoms with Crippen LogP contribution in [-0.4, -0.2) is 4.57 Å². The van der Waals surface area contributed by atoms with Crippen LogP contribution in [0.4, 0.5) is 5.69 Å². The van der Waals surface area contributed by atoms with Crippen molar-refractivity contribution < 1.29 is 0 Å². The number of hydrogen-bond acceptors (Lipinski definition) is 1. The molecule has 1 aromatic heterocycles. The molecule has 0 saturated heterocycles. The van der Waals surface area contributed by atoms with Gasteiger partial charge in [0.25, 0.3) is 0 Å². The summed E-state index contributed by atoms with van der Waals surface area (Å²) >= 11 is 3.52. The second kappa shape index (κ2) is 5.83. The molecule has 2 nitrogen and oxygen atoms in total. The summed E-state index contributed by atoms with van der Waals surface area (Å²) in [5, 5.41) is 3.53. The molecule has 3 heteroatoms. The van der Waals surface area contributed by atoms with E-state index in [4.69, 9.17) is 0 Å². The first-order valence-electron chi connectivity index (χ1n) is 6.68. The molecule has 1 N–H and O–H groups in total. The molecule has 0 spiro atoms. The first-order chi connectivity index (χ1) is 9.02. The van der Waals surface area contributed by atoms with Gasteiger partial charge in [0.05, 0.1) is 0 Å². The van der Waals surface area contributed by atoms with Gasteiger partial charge in [-0.25, -0.2) is 0 Å². The lowest BCUT2D eigenvalue weighted by atomic mass is 10.2. The van der Waals surface area contributed by atoms with Crippen LogP contribution in [0.3, 0.4) is 0 Å². The third-order valence-corrected chi connectivity index (χ3v) is 4.16. The minimum Gasteiger partial charge on any atom is -0.381 e. The highest BCUT2D eigenvalue weighted by atomic mass is 79.9. The van der Waals surface area contributed by atoms with Crippen LogP contribution in [0.2, 0.25) is 0 Å². The SMILES string of the molecule is CCn1c(C)cc(CNc2cc(Br)ccc2C)c1C. The third kappa shape index (κ3) is 3.03. The lowest BCUT2D eigenvalue weighted by Gasteiger charge is -2.11. The second-order valence-corrected chi connectivity index (χ2v) is 5.87. The fourth-order valence-electron chi connectivity index (χ4n) is 2.51. The maximum Gasteiger partial charge on any atom is 0.0418 e. The molecule has 2 rings (SSSR count). The molecule has 19 heavy (non-hydrogen) atoms. The maximum absolute atomic E-state index is 3.53. The van der Waals surface area contributed by atoms with Crippen LogP contribution in [0.15, 0.2) is 28.7 Å². The molecule has 2 aromatic rings. The number of aryl methyl sites for hydroxylation is 2. The topological polar surface area (TPSA) is 17.0 Å². The zero-order valence-corrected chi connectivity index (χ0v) is 13.6. The minimum atomic E-state index is 0.872. The molecule has 0 fully saturated rings. The van der Waals surface area contributed by atoms with E-state index in [1.54, 1.807) is 0 Å². The fraction of sp³-hybridized carbons (Fsp3) is 0.375. The van der Waals surface area contributed by atoms with Gasteiger partial charge in [-0.15, -0.1) is 0 Å². The van der Waals surface area contributed by atoms with Crippen molar-refractivity contribution in [3.8, 4) is 0 Å². The molecule has 0 atom stereocenters. The highest BCUT2D eigenvalue weighted by Gasteiger charge is 2.08. The molecule has 0 aliphatic heterocycles. The quantitative estimate of drug-likeness (QED) is 0.855. The van der Waals surface area contributed by atoms with E-state index in [9.17, 15) is 0 Å². The Balaban J connectivity index is 2.17. The van der Waals surface area contributed by atoms with Gasteiger partial charge in [-0.05, 0) is 57.0 Å². The Kier molecular flexibility index (Phi) is 4.35. The van der Waals surface area contributed by atoms with Crippen LogP contribution >= 0.6 is 15.9 Å². The van der Waals surface area contributed by atoms with E-state index in [0.717, 1.165) is 17.6 Å². The predicted octanol–water partition coefficient (Wildman–Crippen LogP) is 4.81. The fourth-order valence-corrected chi connectivity index (χ4v) is 2.87. The van der Waals surface area contributed by atoms with Crippen LogP contribution in [0.5, 0.6) is 0 Å². The molecule has 0 radical (unpaired) electrons. The standard InChI is InChI=1S/C16H21BrN2/c1-5-19-12(3)8-14(13(19)4)10-18-16-9-15(17)7-6-11(16)2/h6-9,18H,5,10H2,1-4H3. The lowest BCUT2D eigenvalue weighted by molar-refractivity contribution is 0.715. The van der Waals surface area contributed by atoms with E-state index in [0.29, 0.717) is 0 Å². The van der Waals surface area contributed by atoms with E-state index in [1.165, 1.54) is 28.2 Å². The molecule has 0 amide bonds. The van der Waals surface area contributed by atoms with Gasteiger partial charge in [0.15, 0.2) is 0 Å². The van der Waals surface area contributed by atoms with Crippen LogP contribution in [0, 0.1) is 20.8 Å². The molecule has 1 aromatic carbocycles. The molecule has 102 valence electrons. The second-order valence-electron chi connectivity index (χ2n) is 4.95. The first-order valence-corrected chi connectivity index (χ1v) is 7.48. The summed E-state index contributed by atoms with van der Waals surface area (Å²) in [7, 11) is 0. The number of halogens is 1. The largest absolute Gasteiger partial charge is 0.381 e. The molecule has 0 aliphatic carbocycles. The number of benzene rings is 1. The Hall–Kier alpha value is -1.22. The van der Waals surface area contributed by atoms with Crippen molar-refractivity contribution in [3.05, 3.63) is 51.3 Å². The normalized spacial score (nSPS) is 10.8.